The molecule has 1 N–H and O–H groups in total. The second-order valence-electron chi connectivity index (χ2n) is 4.80. The third kappa shape index (κ3) is 2.00. The van der Waals surface area contributed by atoms with Gasteiger partial charge in [-0.1, -0.05) is 18.2 Å². The van der Waals surface area contributed by atoms with Crippen molar-refractivity contribution in [2.75, 3.05) is 19.7 Å². The van der Waals surface area contributed by atoms with E-state index < -0.39 is 0 Å². The number of fused-ring (bicyclic) bond motifs is 1. The van der Waals surface area contributed by atoms with Gasteiger partial charge in [-0.2, -0.15) is 0 Å². The summed E-state index contributed by atoms with van der Waals surface area (Å²) in [5.74, 6) is 0. The minimum atomic E-state index is 0.265. The maximum Gasteiger partial charge on any atom is 0.0949 e. The van der Waals surface area contributed by atoms with Gasteiger partial charge in [0.1, 0.15) is 0 Å². The molecule has 0 saturated carbocycles. The van der Waals surface area contributed by atoms with Gasteiger partial charge in [0.15, 0.2) is 0 Å². The summed E-state index contributed by atoms with van der Waals surface area (Å²) >= 11 is 0. The zero-order valence-electron chi connectivity index (χ0n) is 9.67. The maximum absolute atomic E-state index is 5.79. The van der Waals surface area contributed by atoms with E-state index in [1.165, 1.54) is 31.2 Å². The van der Waals surface area contributed by atoms with Gasteiger partial charge in [0.2, 0.25) is 0 Å². The van der Waals surface area contributed by atoms with E-state index in [0.717, 1.165) is 19.7 Å². The number of aryl methyl sites for hydroxylation is 2. The Morgan fingerprint density at radius 1 is 1.12 bits per heavy atom. The summed E-state index contributed by atoms with van der Waals surface area (Å²) in [4.78, 5) is 0. The lowest BCUT2D eigenvalue weighted by molar-refractivity contribution is 0.0276. The van der Waals surface area contributed by atoms with Crippen molar-refractivity contribution in [2.45, 2.75) is 31.8 Å². The number of nitrogens with one attached hydrogen (secondary N) is 1. The first-order chi connectivity index (χ1) is 7.93. The molecule has 1 aliphatic heterocycles. The minimum Gasteiger partial charge on any atom is -0.371 e. The van der Waals surface area contributed by atoms with Crippen LogP contribution in [0.3, 0.4) is 0 Å². The molecule has 1 aromatic rings. The van der Waals surface area contributed by atoms with Gasteiger partial charge in [-0.05, 0) is 42.4 Å². The Bertz CT molecular complexity index is 369. The molecule has 0 bridgehead atoms. The molecule has 1 saturated heterocycles. The number of benzene rings is 1. The summed E-state index contributed by atoms with van der Waals surface area (Å²) in [6, 6.07) is 6.93. The molecule has 3 rings (SSSR count). The van der Waals surface area contributed by atoms with Crippen LogP contribution in [-0.2, 0) is 17.6 Å². The SMILES string of the molecule is c1cc2c(cc1C1CNCCO1)CCCC2. The van der Waals surface area contributed by atoms with E-state index in [1.807, 2.05) is 0 Å². The number of hydrogen-bond donors (Lipinski definition) is 1. The van der Waals surface area contributed by atoms with Crippen molar-refractivity contribution >= 4 is 0 Å². The summed E-state index contributed by atoms with van der Waals surface area (Å²) in [5.41, 5.74) is 4.46. The number of rotatable bonds is 1. The van der Waals surface area contributed by atoms with Crippen molar-refractivity contribution in [3.63, 3.8) is 0 Å². The highest BCUT2D eigenvalue weighted by atomic mass is 16.5. The predicted molar refractivity (Wildman–Crippen MR) is 64.6 cm³/mol. The van der Waals surface area contributed by atoms with E-state index in [-0.39, 0.29) is 6.10 Å². The van der Waals surface area contributed by atoms with E-state index in [9.17, 15) is 0 Å². The first kappa shape index (κ1) is 10.3. The highest BCUT2D eigenvalue weighted by molar-refractivity contribution is 5.35. The predicted octanol–water partition coefficient (Wildman–Crippen LogP) is 2.23. The normalized spacial score (nSPS) is 25.1. The van der Waals surface area contributed by atoms with Gasteiger partial charge < -0.3 is 10.1 Å². The zero-order chi connectivity index (χ0) is 10.8. The second-order valence-corrected chi connectivity index (χ2v) is 4.80. The summed E-state index contributed by atoms with van der Waals surface area (Å²) < 4.78 is 5.79. The zero-order valence-corrected chi connectivity index (χ0v) is 9.67. The molecule has 2 aliphatic rings. The number of ether oxygens (including phenoxy) is 1. The quantitative estimate of drug-likeness (QED) is 0.779. The molecule has 0 radical (unpaired) electrons. The molecule has 0 aromatic heterocycles. The van der Waals surface area contributed by atoms with Gasteiger partial charge in [0.25, 0.3) is 0 Å². The number of hydrogen-bond acceptors (Lipinski definition) is 2. The van der Waals surface area contributed by atoms with E-state index in [4.69, 9.17) is 4.74 Å². The second kappa shape index (κ2) is 4.56. The monoisotopic (exact) mass is 217 g/mol. The first-order valence-corrected chi connectivity index (χ1v) is 6.37. The summed E-state index contributed by atoms with van der Waals surface area (Å²) in [6.07, 6.45) is 5.48. The van der Waals surface area contributed by atoms with Crippen LogP contribution in [0.5, 0.6) is 0 Å². The minimum absolute atomic E-state index is 0.265. The van der Waals surface area contributed by atoms with Crippen molar-refractivity contribution in [3.8, 4) is 0 Å². The maximum atomic E-state index is 5.79. The molecule has 0 spiro atoms. The summed E-state index contributed by atoms with van der Waals surface area (Å²) in [6.45, 7) is 2.78. The third-order valence-corrected chi connectivity index (χ3v) is 3.67. The van der Waals surface area contributed by atoms with Crippen LogP contribution in [0.2, 0.25) is 0 Å². The average Bonchev–Trinajstić information content (AvgIpc) is 2.39. The van der Waals surface area contributed by atoms with Crippen molar-refractivity contribution in [2.24, 2.45) is 0 Å². The van der Waals surface area contributed by atoms with Crippen molar-refractivity contribution < 1.29 is 4.74 Å². The van der Waals surface area contributed by atoms with Crippen LogP contribution in [0.15, 0.2) is 18.2 Å². The Kier molecular flexibility index (Phi) is 2.94. The molecule has 1 atom stereocenters. The molecule has 1 aromatic carbocycles. The van der Waals surface area contributed by atoms with Crippen molar-refractivity contribution in [3.05, 3.63) is 34.9 Å². The first-order valence-electron chi connectivity index (χ1n) is 6.37. The van der Waals surface area contributed by atoms with Gasteiger partial charge >= 0.3 is 0 Å². The molecule has 2 heteroatoms. The van der Waals surface area contributed by atoms with Crippen LogP contribution in [0, 0.1) is 0 Å². The van der Waals surface area contributed by atoms with Crippen LogP contribution in [0.4, 0.5) is 0 Å². The lowest BCUT2D eigenvalue weighted by Gasteiger charge is -2.25. The van der Waals surface area contributed by atoms with Crippen LogP contribution in [0.25, 0.3) is 0 Å². The summed E-state index contributed by atoms with van der Waals surface area (Å²) in [5, 5.41) is 3.39. The van der Waals surface area contributed by atoms with Crippen LogP contribution in [-0.4, -0.2) is 19.7 Å². The molecule has 16 heavy (non-hydrogen) atoms. The van der Waals surface area contributed by atoms with Gasteiger partial charge in [-0.25, -0.2) is 0 Å². The van der Waals surface area contributed by atoms with Gasteiger partial charge in [0.05, 0.1) is 12.7 Å². The molecule has 2 nitrogen and oxygen atoms in total. The fourth-order valence-corrected chi connectivity index (χ4v) is 2.73. The van der Waals surface area contributed by atoms with Gasteiger partial charge in [-0.3, -0.25) is 0 Å². The Hall–Kier alpha value is -0.860. The highest BCUT2D eigenvalue weighted by Gasteiger charge is 2.17. The largest absolute Gasteiger partial charge is 0.371 e. The molecular formula is C14H19NO. The molecule has 1 heterocycles. The smallest absolute Gasteiger partial charge is 0.0949 e. The third-order valence-electron chi connectivity index (χ3n) is 3.67. The molecule has 1 fully saturated rings. The molecule has 1 aliphatic carbocycles. The van der Waals surface area contributed by atoms with Crippen LogP contribution < -0.4 is 5.32 Å². The fraction of sp³-hybridized carbons (Fsp3) is 0.571. The highest BCUT2D eigenvalue weighted by Crippen LogP contribution is 2.26. The lowest BCUT2D eigenvalue weighted by Crippen LogP contribution is -2.33. The van der Waals surface area contributed by atoms with E-state index in [0.29, 0.717) is 0 Å². The Morgan fingerprint density at radius 3 is 2.81 bits per heavy atom. The Labute approximate surface area is 97.0 Å². The number of morpholine rings is 1. The van der Waals surface area contributed by atoms with Gasteiger partial charge in [-0.15, -0.1) is 0 Å². The van der Waals surface area contributed by atoms with Crippen molar-refractivity contribution in [1.82, 2.24) is 5.32 Å². The molecule has 1 unspecified atom stereocenters. The van der Waals surface area contributed by atoms with Crippen LogP contribution >= 0.6 is 0 Å². The summed E-state index contributed by atoms with van der Waals surface area (Å²) in [7, 11) is 0. The van der Waals surface area contributed by atoms with Crippen molar-refractivity contribution in [1.29, 1.82) is 0 Å². The standard InChI is InChI=1S/C14H19NO/c1-2-4-12-9-13(6-5-11(12)3-1)14-10-15-7-8-16-14/h5-6,9,14-15H,1-4,7-8,10H2. The van der Waals surface area contributed by atoms with E-state index in [1.54, 1.807) is 11.1 Å². The Balaban J connectivity index is 1.84. The topological polar surface area (TPSA) is 21.3 Å². The average molecular weight is 217 g/mol. The lowest BCUT2D eigenvalue weighted by atomic mass is 9.89. The molecular weight excluding hydrogens is 198 g/mol. The molecule has 0 amide bonds. The molecule has 86 valence electrons. The van der Waals surface area contributed by atoms with E-state index in [2.05, 4.69) is 23.5 Å². The van der Waals surface area contributed by atoms with E-state index >= 15 is 0 Å². The van der Waals surface area contributed by atoms with Gasteiger partial charge in [0, 0.05) is 13.1 Å². The van der Waals surface area contributed by atoms with Crippen LogP contribution in [0.1, 0.15) is 35.6 Å². The Morgan fingerprint density at radius 2 is 2.00 bits per heavy atom. The fourth-order valence-electron chi connectivity index (χ4n) is 2.73.